The summed E-state index contributed by atoms with van der Waals surface area (Å²) in [6.45, 7) is 2.01. The Morgan fingerprint density at radius 3 is 2.15 bits per heavy atom. The normalized spacial score (nSPS) is 13.7. The lowest BCUT2D eigenvalue weighted by Gasteiger charge is -2.20. The van der Waals surface area contributed by atoms with Crippen LogP contribution in [0.1, 0.15) is 24.1 Å². The van der Waals surface area contributed by atoms with Gasteiger partial charge in [-0.25, -0.2) is 0 Å². The number of carboxylic acid groups (broad SMARTS) is 1. The first kappa shape index (κ1) is 14.3. The van der Waals surface area contributed by atoms with Gasteiger partial charge in [-0.1, -0.05) is 60.7 Å². The van der Waals surface area contributed by atoms with Crippen molar-refractivity contribution >= 4 is 5.97 Å². The van der Waals surface area contributed by atoms with Gasteiger partial charge in [-0.3, -0.25) is 10.1 Å². The molecule has 2 atom stereocenters. The molecular weight excluding hydrogens is 250 g/mol. The number of aliphatic carboxylic acids is 1. The van der Waals surface area contributed by atoms with Crippen LogP contribution in [-0.2, 0) is 11.2 Å². The zero-order valence-corrected chi connectivity index (χ0v) is 11.5. The monoisotopic (exact) mass is 269 g/mol. The molecule has 0 aromatic heterocycles. The number of carboxylic acids is 1. The lowest BCUT2D eigenvalue weighted by atomic mass is 10.0. The number of hydrogen-bond donors (Lipinski definition) is 2. The fraction of sp³-hybridized carbons (Fsp3) is 0.235. The predicted octanol–water partition coefficient (Wildman–Crippen LogP) is 3.03. The summed E-state index contributed by atoms with van der Waals surface area (Å²) in [6.07, 6.45) is 0.803. The van der Waals surface area contributed by atoms with Gasteiger partial charge in [0, 0.05) is 6.04 Å². The molecule has 2 aromatic rings. The van der Waals surface area contributed by atoms with Crippen molar-refractivity contribution < 1.29 is 9.90 Å². The predicted molar refractivity (Wildman–Crippen MR) is 79.6 cm³/mol. The van der Waals surface area contributed by atoms with Crippen LogP contribution in [-0.4, -0.2) is 17.1 Å². The summed E-state index contributed by atoms with van der Waals surface area (Å²) in [5.74, 6) is -0.851. The quantitative estimate of drug-likeness (QED) is 0.847. The van der Waals surface area contributed by atoms with E-state index in [9.17, 15) is 9.90 Å². The van der Waals surface area contributed by atoms with E-state index in [1.165, 1.54) is 5.56 Å². The molecule has 20 heavy (non-hydrogen) atoms. The minimum Gasteiger partial charge on any atom is -0.480 e. The second kappa shape index (κ2) is 6.87. The van der Waals surface area contributed by atoms with E-state index in [0.717, 1.165) is 12.0 Å². The minimum atomic E-state index is -0.851. The summed E-state index contributed by atoms with van der Waals surface area (Å²) >= 11 is 0. The SMILES string of the molecule is CC(Cc1ccccc1)N[C@@H](C(=O)O)c1ccccc1. The maximum absolute atomic E-state index is 11.4. The third-order valence-corrected chi connectivity index (χ3v) is 3.22. The van der Waals surface area contributed by atoms with Crippen molar-refractivity contribution in [1.82, 2.24) is 5.32 Å². The van der Waals surface area contributed by atoms with Gasteiger partial charge in [0.2, 0.25) is 0 Å². The highest BCUT2D eigenvalue weighted by atomic mass is 16.4. The van der Waals surface area contributed by atoms with Crippen molar-refractivity contribution in [2.45, 2.75) is 25.4 Å². The van der Waals surface area contributed by atoms with Gasteiger partial charge in [-0.2, -0.15) is 0 Å². The lowest BCUT2D eigenvalue weighted by Crippen LogP contribution is -2.36. The van der Waals surface area contributed by atoms with E-state index in [4.69, 9.17) is 0 Å². The molecule has 0 aliphatic rings. The van der Waals surface area contributed by atoms with Crippen molar-refractivity contribution in [3.8, 4) is 0 Å². The third kappa shape index (κ3) is 3.93. The highest BCUT2D eigenvalue weighted by Gasteiger charge is 2.21. The van der Waals surface area contributed by atoms with Crippen LogP contribution < -0.4 is 5.32 Å². The van der Waals surface area contributed by atoms with E-state index in [0.29, 0.717) is 0 Å². The van der Waals surface area contributed by atoms with Gasteiger partial charge < -0.3 is 5.11 Å². The van der Waals surface area contributed by atoms with Crippen LogP contribution in [0.15, 0.2) is 60.7 Å². The molecule has 0 saturated heterocycles. The maximum atomic E-state index is 11.4. The van der Waals surface area contributed by atoms with Gasteiger partial charge >= 0.3 is 5.97 Å². The lowest BCUT2D eigenvalue weighted by molar-refractivity contribution is -0.139. The van der Waals surface area contributed by atoms with E-state index < -0.39 is 12.0 Å². The van der Waals surface area contributed by atoms with Gasteiger partial charge in [0.1, 0.15) is 6.04 Å². The summed E-state index contributed by atoms with van der Waals surface area (Å²) in [7, 11) is 0. The second-order valence-electron chi connectivity index (χ2n) is 4.94. The van der Waals surface area contributed by atoms with Crippen molar-refractivity contribution in [3.63, 3.8) is 0 Å². The molecule has 0 spiro atoms. The van der Waals surface area contributed by atoms with Crippen molar-refractivity contribution in [2.24, 2.45) is 0 Å². The average Bonchev–Trinajstić information content (AvgIpc) is 2.46. The zero-order chi connectivity index (χ0) is 14.4. The highest BCUT2D eigenvalue weighted by Crippen LogP contribution is 2.14. The van der Waals surface area contributed by atoms with Gasteiger partial charge in [-0.15, -0.1) is 0 Å². The molecule has 0 aliphatic heterocycles. The third-order valence-electron chi connectivity index (χ3n) is 3.22. The fourth-order valence-electron chi connectivity index (χ4n) is 2.27. The van der Waals surface area contributed by atoms with E-state index in [1.54, 1.807) is 0 Å². The summed E-state index contributed by atoms with van der Waals surface area (Å²) in [5.41, 5.74) is 1.98. The minimum absolute atomic E-state index is 0.0821. The molecule has 0 fully saturated rings. The van der Waals surface area contributed by atoms with E-state index in [-0.39, 0.29) is 6.04 Å². The molecule has 2 N–H and O–H groups in total. The smallest absolute Gasteiger partial charge is 0.325 e. The summed E-state index contributed by atoms with van der Waals surface area (Å²) in [6, 6.07) is 18.7. The van der Waals surface area contributed by atoms with Crippen LogP contribution >= 0.6 is 0 Å². The Morgan fingerprint density at radius 1 is 1.05 bits per heavy atom. The topological polar surface area (TPSA) is 49.3 Å². The molecule has 1 unspecified atom stereocenters. The fourth-order valence-corrected chi connectivity index (χ4v) is 2.27. The molecule has 0 saturated carbocycles. The Hall–Kier alpha value is -2.13. The largest absolute Gasteiger partial charge is 0.480 e. The summed E-state index contributed by atoms with van der Waals surface area (Å²) in [5, 5.41) is 12.6. The standard InChI is InChI=1S/C17H19NO2/c1-13(12-14-8-4-2-5-9-14)18-16(17(19)20)15-10-6-3-7-11-15/h2-11,13,16,18H,12H2,1H3,(H,19,20)/t13?,16-/m1/s1. The van der Waals surface area contributed by atoms with E-state index >= 15 is 0 Å². The van der Waals surface area contributed by atoms with Crippen LogP contribution in [0.3, 0.4) is 0 Å². The Bertz CT molecular complexity index is 539. The molecule has 0 bridgehead atoms. The summed E-state index contributed by atoms with van der Waals surface area (Å²) < 4.78 is 0. The molecule has 0 aliphatic carbocycles. The Kier molecular flexibility index (Phi) is 4.91. The number of carbonyl (C=O) groups is 1. The van der Waals surface area contributed by atoms with Crippen LogP contribution in [0, 0.1) is 0 Å². The van der Waals surface area contributed by atoms with Crippen molar-refractivity contribution in [1.29, 1.82) is 0 Å². The average molecular weight is 269 g/mol. The molecule has 0 amide bonds. The van der Waals surface area contributed by atoms with E-state index in [2.05, 4.69) is 17.4 Å². The second-order valence-corrected chi connectivity index (χ2v) is 4.94. The molecule has 104 valence electrons. The zero-order valence-electron chi connectivity index (χ0n) is 11.5. The first-order valence-corrected chi connectivity index (χ1v) is 6.74. The molecule has 2 rings (SSSR count). The first-order valence-electron chi connectivity index (χ1n) is 6.74. The maximum Gasteiger partial charge on any atom is 0.325 e. The molecule has 0 heterocycles. The van der Waals surface area contributed by atoms with Crippen molar-refractivity contribution in [3.05, 3.63) is 71.8 Å². The first-order chi connectivity index (χ1) is 9.66. The van der Waals surface area contributed by atoms with Crippen LogP contribution in [0.2, 0.25) is 0 Å². The van der Waals surface area contributed by atoms with Crippen molar-refractivity contribution in [2.75, 3.05) is 0 Å². The number of rotatable bonds is 6. The Morgan fingerprint density at radius 2 is 1.60 bits per heavy atom. The number of hydrogen-bond acceptors (Lipinski definition) is 2. The van der Waals surface area contributed by atoms with Gasteiger partial charge in [0.05, 0.1) is 0 Å². The Labute approximate surface area is 119 Å². The van der Waals surface area contributed by atoms with E-state index in [1.807, 2.05) is 55.5 Å². The van der Waals surface area contributed by atoms with Gasteiger partial charge in [-0.05, 0) is 24.5 Å². The molecule has 2 aromatic carbocycles. The van der Waals surface area contributed by atoms with Gasteiger partial charge in [0.25, 0.3) is 0 Å². The highest BCUT2D eigenvalue weighted by molar-refractivity contribution is 5.75. The number of benzene rings is 2. The molecule has 3 heteroatoms. The van der Waals surface area contributed by atoms with Crippen LogP contribution in [0.5, 0.6) is 0 Å². The number of nitrogens with one attached hydrogen (secondary N) is 1. The molecule has 3 nitrogen and oxygen atoms in total. The molecule has 0 radical (unpaired) electrons. The van der Waals surface area contributed by atoms with Gasteiger partial charge in [0.15, 0.2) is 0 Å². The van der Waals surface area contributed by atoms with Crippen LogP contribution in [0.4, 0.5) is 0 Å². The Balaban J connectivity index is 2.04. The van der Waals surface area contributed by atoms with Crippen LogP contribution in [0.25, 0.3) is 0 Å². The summed E-state index contributed by atoms with van der Waals surface area (Å²) in [4.78, 5) is 11.4. The molecular formula is C17H19NO2.